The molecule has 0 aliphatic rings. The number of benzene rings is 3. The second kappa shape index (κ2) is 8.93. The largest absolute Gasteiger partial charge is 0.269 e. The van der Waals surface area contributed by atoms with Gasteiger partial charge in [0.2, 0.25) is 0 Å². The van der Waals surface area contributed by atoms with Crippen LogP contribution >= 0.6 is 11.6 Å². The van der Waals surface area contributed by atoms with Gasteiger partial charge in [-0.3, -0.25) is 29.9 Å². The third-order valence-electron chi connectivity index (χ3n) is 4.03. The molecule has 0 unspecified atom stereocenters. The van der Waals surface area contributed by atoms with Crippen LogP contribution in [-0.4, -0.2) is 22.1 Å². The highest BCUT2D eigenvalue weighted by molar-refractivity contribution is 6.30. The zero-order valence-electron chi connectivity index (χ0n) is 15.2. The Bertz CT molecular complexity index is 1110. The maximum Gasteiger partial charge on any atom is 0.269 e. The maximum absolute atomic E-state index is 13.0. The lowest BCUT2D eigenvalue weighted by molar-refractivity contribution is -0.385. The molecule has 0 aliphatic heterocycles. The summed E-state index contributed by atoms with van der Waals surface area (Å²) in [5, 5.41) is 22.1. The van der Waals surface area contributed by atoms with Crippen molar-refractivity contribution < 1.29 is 14.6 Å². The molecule has 150 valence electrons. The van der Waals surface area contributed by atoms with E-state index in [4.69, 9.17) is 11.6 Å². The number of nitrogens with zero attached hydrogens (tertiary/aromatic N) is 4. The van der Waals surface area contributed by atoms with Crippen LogP contribution in [0.15, 0.2) is 77.8 Å². The molecule has 0 heterocycles. The molecule has 0 aromatic heterocycles. The third-order valence-corrected chi connectivity index (χ3v) is 4.28. The average Bonchev–Trinajstić information content (AvgIpc) is 2.75. The first-order valence-electron chi connectivity index (χ1n) is 8.47. The topological polar surface area (TPSA) is 119 Å². The van der Waals surface area contributed by atoms with Crippen molar-refractivity contribution in [3.05, 3.63) is 104 Å². The summed E-state index contributed by atoms with van der Waals surface area (Å²) in [6.07, 6.45) is 1.25. The van der Waals surface area contributed by atoms with E-state index in [0.717, 1.165) is 0 Å². The van der Waals surface area contributed by atoms with Gasteiger partial charge in [0.1, 0.15) is 6.34 Å². The maximum atomic E-state index is 13.0. The van der Waals surface area contributed by atoms with Gasteiger partial charge in [0, 0.05) is 34.9 Å². The van der Waals surface area contributed by atoms with Gasteiger partial charge >= 0.3 is 0 Å². The van der Waals surface area contributed by atoms with Crippen LogP contribution in [0, 0.1) is 20.2 Å². The molecule has 30 heavy (non-hydrogen) atoms. The first kappa shape index (κ1) is 20.6. The predicted octanol–water partition coefficient (Wildman–Crippen LogP) is 5.16. The number of aliphatic imine (C=N–C) groups is 1. The normalized spacial score (nSPS) is 10.7. The minimum absolute atomic E-state index is 0.0848. The standard InChI is InChI=1S/C20H13ClN4O5/c21-15-3-1-14(2-4-15)20(26)23(17-9-11-19(12-10-17)25(29)30)13-22-16-5-7-18(8-6-16)24(27)28/h1-13H. The fourth-order valence-electron chi connectivity index (χ4n) is 2.49. The smallest absolute Gasteiger partial charge is 0.268 e. The molecule has 0 N–H and O–H groups in total. The van der Waals surface area contributed by atoms with Gasteiger partial charge in [-0.05, 0) is 48.5 Å². The molecule has 0 atom stereocenters. The molecule has 0 saturated carbocycles. The van der Waals surface area contributed by atoms with Crippen molar-refractivity contribution in [2.45, 2.75) is 0 Å². The van der Waals surface area contributed by atoms with Crippen LogP contribution in [0.5, 0.6) is 0 Å². The molecule has 10 heteroatoms. The molecule has 9 nitrogen and oxygen atoms in total. The van der Waals surface area contributed by atoms with E-state index < -0.39 is 15.8 Å². The summed E-state index contributed by atoms with van der Waals surface area (Å²) in [5.74, 6) is -0.439. The van der Waals surface area contributed by atoms with Gasteiger partial charge in [-0.1, -0.05) is 11.6 Å². The number of nitro benzene ring substituents is 2. The van der Waals surface area contributed by atoms with Crippen molar-refractivity contribution in [2.75, 3.05) is 4.90 Å². The molecule has 0 bridgehead atoms. The number of amides is 1. The average molecular weight is 425 g/mol. The van der Waals surface area contributed by atoms with Crippen LogP contribution in [0.1, 0.15) is 10.4 Å². The number of hydrogen-bond acceptors (Lipinski definition) is 6. The zero-order valence-corrected chi connectivity index (χ0v) is 16.0. The Balaban J connectivity index is 1.95. The van der Waals surface area contributed by atoms with Crippen LogP contribution in [0.4, 0.5) is 22.7 Å². The molecule has 3 aromatic rings. The van der Waals surface area contributed by atoms with Crippen LogP contribution in [0.3, 0.4) is 0 Å². The second-order valence-corrected chi connectivity index (χ2v) is 6.41. The monoisotopic (exact) mass is 424 g/mol. The predicted molar refractivity (Wildman–Crippen MR) is 113 cm³/mol. The molecule has 0 aliphatic carbocycles. The van der Waals surface area contributed by atoms with Crippen LogP contribution < -0.4 is 4.90 Å². The van der Waals surface area contributed by atoms with Gasteiger partial charge in [0.15, 0.2) is 0 Å². The Morgan fingerprint density at radius 2 is 1.33 bits per heavy atom. The molecular formula is C20H13ClN4O5. The van der Waals surface area contributed by atoms with Gasteiger partial charge in [0.25, 0.3) is 17.3 Å². The summed E-state index contributed by atoms with van der Waals surface area (Å²) < 4.78 is 0. The summed E-state index contributed by atoms with van der Waals surface area (Å²) in [7, 11) is 0. The molecule has 0 saturated heterocycles. The SMILES string of the molecule is O=C(c1ccc(Cl)cc1)N(C=Nc1ccc([N+](=O)[O-])cc1)c1ccc([N+](=O)[O-])cc1. The highest BCUT2D eigenvalue weighted by Crippen LogP contribution is 2.23. The van der Waals surface area contributed by atoms with Gasteiger partial charge in [-0.15, -0.1) is 0 Å². The zero-order chi connectivity index (χ0) is 21.7. The van der Waals surface area contributed by atoms with E-state index in [9.17, 15) is 25.0 Å². The number of nitro groups is 2. The van der Waals surface area contributed by atoms with E-state index in [1.807, 2.05) is 0 Å². The Labute approximate surface area is 175 Å². The first-order valence-corrected chi connectivity index (χ1v) is 8.85. The van der Waals surface area contributed by atoms with Crippen molar-refractivity contribution >= 4 is 46.6 Å². The number of halogens is 1. The lowest BCUT2D eigenvalue weighted by atomic mass is 10.2. The van der Waals surface area contributed by atoms with Crippen LogP contribution in [-0.2, 0) is 0 Å². The fourth-order valence-corrected chi connectivity index (χ4v) is 2.61. The van der Waals surface area contributed by atoms with Crippen LogP contribution in [0.25, 0.3) is 0 Å². The van der Waals surface area contributed by atoms with Gasteiger partial charge in [-0.25, -0.2) is 4.99 Å². The van der Waals surface area contributed by atoms with Gasteiger partial charge < -0.3 is 0 Å². The molecule has 0 fully saturated rings. The summed E-state index contributed by atoms with van der Waals surface area (Å²) in [6, 6.07) is 17.1. The van der Waals surface area contributed by atoms with Crippen molar-refractivity contribution in [2.24, 2.45) is 4.99 Å². The number of anilines is 1. The fraction of sp³-hybridized carbons (Fsp3) is 0. The minimum atomic E-state index is -0.542. The quantitative estimate of drug-likeness (QED) is 0.234. The van der Waals surface area contributed by atoms with E-state index in [-0.39, 0.29) is 11.4 Å². The number of hydrogen-bond donors (Lipinski definition) is 0. The summed E-state index contributed by atoms with van der Waals surface area (Å²) in [4.78, 5) is 39.0. The van der Waals surface area contributed by atoms with Crippen molar-refractivity contribution in [1.82, 2.24) is 0 Å². The van der Waals surface area contributed by atoms with Crippen LogP contribution in [0.2, 0.25) is 5.02 Å². The van der Waals surface area contributed by atoms with E-state index in [0.29, 0.717) is 22.0 Å². The molecule has 3 aromatic carbocycles. The molecule has 0 spiro atoms. The summed E-state index contributed by atoms with van der Waals surface area (Å²) >= 11 is 5.87. The van der Waals surface area contributed by atoms with Gasteiger partial charge in [0.05, 0.1) is 21.2 Å². The summed E-state index contributed by atoms with van der Waals surface area (Å²) in [6.45, 7) is 0. The molecular weight excluding hydrogens is 412 g/mol. The van der Waals surface area contributed by atoms with Crippen molar-refractivity contribution in [3.63, 3.8) is 0 Å². The van der Waals surface area contributed by atoms with E-state index >= 15 is 0 Å². The lowest BCUT2D eigenvalue weighted by Gasteiger charge is -2.18. The number of carbonyl (C=O) groups is 1. The number of carbonyl (C=O) groups excluding carboxylic acids is 1. The molecule has 0 radical (unpaired) electrons. The van der Waals surface area contributed by atoms with Crippen molar-refractivity contribution in [1.29, 1.82) is 0 Å². The number of rotatable bonds is 6. The Morgan fingerprint density at radius 3 is 1.83 bits per heavy atom. The van der Waals surface area contributed by atoms with E-state index in [1.54, 1.807) is 24.3 Å². The van der Waals surface area contributed by atoms with Gasteiger partial charge in [-0.2, -0.15) is 0 Å². The van der Waals surface area contributed by atoms with E-state index in [2.05, 4.69) is 4.99 Å². The highest BCUT2D eigenvalue weighted by Gasteiger charge is 2.17. The second-order valence-electron chi connectivity index (χ2n) is 5.97. The highest BCUT2D eigenvalue weighted by atomic mass is 35.5. The number of non-ortho nitro benzene ring substituents is 2. The lowest BCUT2D eigenvalue weighted by Crippen LogP contribution is -2.29. The third kappa shape index (κ3) is 4.83. The summed E-state index contributed by atoms with van der Waals surface area (Å²) in [5.41, 5.74) is 0.860. The Hall–Kier alpha value is -4.11. The molecule has 3 rings (SSSR count). The van der Waals surface area contributed by atoms with Crippen molar-refractivity contribution in [3.8, 4) is 0 Å². The first-order chi connectivity index (χ1) is 14.3. The molecule has 1 amide bonds. The Kier molecular flexibility index (Phi) is 6.14. The Morgan fingerprint density at radius 1 is 0.833 bits per heavy atom. The van der Waals surface area contributed by atoms with E-state index in [1.165, 1.54) is 59.8 Å². The minimum Gasteiger partial charge on any atom is -0.268 e.